The fraction of sp³-hybridized carbons (Fsp3) is 0.455. The zero-order chi connectivity index (χ0) is 13.1. The summed E-state index contributed by atoms with van der Waals surface area (Å²) >= 11 is 0. The van der Waals surface area contributed by atoms with Crippen LogP contribution in [0.3, 0.4) is 0 Å². The number of sulfone groups is 1. The summed E-state index contributed by atoms with van der Waals surface area (Å²) in [6.45, 7) is 3.38. The number of hydrogen-bond donors (Lipinski definition) is 1. The molecule has 0 heterocycles. The van der Waals surface area contributed by atoms with E-state index in [0.29, 0.717) is 10.6 Å². The van der Waals surface area contributed by atoms with E-state index in [1.807, 2.05) is 0 Å². The Morgan fingerprint density at radius 3 is 2.59 bits per heavy atom. The van der Waals surface area contributed by atoms with Gasteiger partial charge in [0.1, 0.15) is 0 Å². The van der Waals surface area contributed by atoms with Crippen LogP contribution >= 0.6 is 0 Å². The zero-order valence-corrected chi connectivity index (χ0v) is 11.6. The molecule has 0 fully saturated rings. The van der Waals surface area contributed by atoms with Crippen molar-refractivity contribution in [2.75, 3.05) is 23.0 Å². The third-order valence-electron chi connectivity index (χ3n) is 2.59. The maximum Gasteiger partial charge on any atom is 0.150 e. The lowest BCUT2D eigenvalue weighted by Crippen LogP contribution is -2.15. The van der Waals surface area contributed by atoms with Crippen molar-refractivity contribution in [3.63, 3.8) is 0 Å². The van der Waals surface area contributed by atoms with E-state index in [9.17, 15) is 12.6 Å². The molecule has 0 amide bonds. The Hall–Kier alpha value is -0.880. The van der Waals surface area contributed by atoms with Crippen molar-refractivity contribution in [3.05, 3.63) is 23.8 Å². The highest BCUT2D eigenvalue weighted by atomic mass is 32.2. The van der Waals surface area contributed by atoms with Crippen molar-refractivity contribution in [2.45, 2.75) is 18.7 Å². The first-order valence-electron chi connectivity index (χ1n) is 5.31. The Morgan fingerprint density at radius 2 is 2.00 bits per heavy atom. The van der Waals surface area contributed by atoms with E-state index in [1.165, 1.54) is 0 Å². The molecule has 1 unspecified atom stereocenters. The highest BCUT2D eigenvalue weighted by molar-refractivity contribution is 7.93. The van der Waals surface area contributed by atoms with E-state index in [1.54, 1.807) is 32.0 Å². The number of anilines is 1. The SMILES string of the molecule is CCS(=O)(=O)CCS(=O)c1cccc(N)c1C. The van der Waals surface area contributed by atoms with Gasteiger partial charge in [-0.25, -0.2) is 8.42 Å². The molecule has 0 saturated heterocycles. The third-order valence-corrected chi connectivity index (χ3v) is 6.06. The van der Waals surface area contributed by atoms with E-state index in [-0.39, 0.29) is 17.3 Å². The highest BCUT2D eigenvalue weighted by Crippen LogP contribution is 2.19. The lowest BCUT2D eigenvalue weighted by atomic mass is 10.2. The van der Waals surface area contributed by atoms with Crippen LogP contribution in [-0.4, -0.2) is 29.9 Å². The van der Waals surface area contributed by atoms with Crippen molar-refractivity contribution in [2.24, 2.45) is 0 Å². The second kappa shape index (κ2) is 5.64. The molecule has 0 aliphatic carbocycles. The van der Waals surface area contributed by atoms with Crippen LogP contribution in [0.4, 0.5) is 5.69 Å². The molecule has 6 heteroatoms. The van der Waals surface area contributed by atoms with Gasteiger partial charge in [0.25, 0.3) is 0 Å². The van der Waals surface area contributed by atoms with E-state index < -0.39 is 20.6 Å². The van der Waals surface area contributed by atoms with Crippen LogP contribution in [0.15, 0.2) is 23.1 Å². The molecule has 0 saturated carbocycles. The molecule has 1 rings (SSSR count). The third kappa shape index (κ3) is 3.81. The van der Waals surface area contributed by atoms with Crippen LogP contribution in [0.25, 0.3) is 0 Å². The molecule has 17 heavy (non-hydrogen) atoms. The molecule has 0 aromatic heterocycles. The van der Waals surface area contributed by atoms with Gasteiger partial charge in [-0.1, -0.05) is 13.0 Å². The molecular formula is C11H17NO3S2. The summed E-state index contributed by atoms with van der Waals surface area (Å²) in [7, 11) is -4.38. The summed E-state index contributed by atoms with van der Waals surface area (Å²) in [5.41, 5.74) is 7.06. The lowest BCUT2D eigenvalue weighted by molar-refractivity contribution is 0.598. The zero-order valence-electron chi connectivity index (χ0n) is 9.97. The second-order valence-electron chi connectivity index (χ2n) is 3.76. The Kier molecular flexibility index (Phi) is 4.70. The fourth-order valence-electron chi connectivity index (χ4n) is 1.34. The molecule has 1 atom stereocenters. The molecule has 1 aromatic rings. The van der Waals surface area contributed by atoms with Crippen LogP contribution in [0.1, 0.15) is 12.5 Å². The van der Waals surface area contributed by atoms with Gasteiger partial charge in [-0.3, -0.25) is 4.21 Å². The summed E-state index contributed by atoms with van der Waals surface area (Å²) in [6, 6.07) is 5.18. The van der Waals surface area contributed by atoms with Crippen LogP contribution in [0.2, 0.25) is 0 Å². The van der Waals surface area contributed by atoms with Crippen LogP contribution in [0.5, 0.6) is 0 Å². The first-order chi connectivity index (χ1) is 7.87. The predicted octanol–water partition coefficient (Wildman–Crippen LogP) is 1.12. The molecule has 4 nitrogen and oxygen atoms in total. The number of rotatable bonds is 5. The van der Waals surface area contributed by atoms with Gasteiger partial charge in [0, 0.05) is 22.1 Å². The second-order valence-corrected chi connectivity index (χ2v) is 7.77. The first-order valence-corrected chi connectivity index (χ1v) is 8.45. The normalized spacial score (nSPS) is 13.5. The summed E-state index contributed by atoms with van der Waals surface area (Å²) in [5, 5.41) is 0. The van der Waals surface area contributed by atoms with Gasteiger partial charge in [0.05, 0.1) is 16.6 Å². The van der Waals surface area contributed by atoms with E-state index in [0.717, 1.165) is 5.56 Å². The summed E-state index contributed by atoms with van der Waals surface area (Å²) in [6.07, 6.45) is 0. The van der Waals surface area contributed by atoms with E-state index in [2.05, 4.69) is 0 Å². The minimum atomic E-state index is -3.07. The number of benzene rings is 1. The van der Waals surface area contributed by atoms with Crippen molar-refractivity contribution in [1.82, 2.24) is 0 Å². The maximum atomic E-state index is 12.0. The molecule has 0 spiro atoms. The number of nitrogens with two attached hydrogens (primary N) is 1. The molecular weight excluding hydrogens is 258 g/mol. The summed E-state index contributed by atoms with van der Waals surface area (Å²) in [4.78, 5) is 0.622. The quantitative estimate of drug-likeness (QED) is 0.817. The van der Waals surface area contributed by atoms with Gasteiger partial charge >= 0.3 is 0 Å². The molecule has 0 radical (unpaired) electrons. The summed E-state index contributed by atoms with van der Waals surface area (Å²) in [5.74, 6) is 0.158. The van der Waals surface area contributed by atoms with E-state index >= 15 is 0 Å². The van der Waals surface area contributed by atoms with E-state index in [4.69, 9.17) is 5.73 Å². The predicted molar refractivity (Wildman–Crippen MR) is 71.2 cm³/mol. The average Bonchev–Trinajstić information content (AvgIpc) is 2.30. The van der Waals surface area contributed by atoms with Gasteiger partial charge in [-0.05, 0) is 24.6 Å². The average molecular weight is 275 g/mol. The topological polar surface area (TPSA) is 77.2 Å². The highest BCUT2D eigenvalue weighted by Gasteiger charge is 2.13. The Balaban J connectivity index is 2.81. The van der Waals surface area contributed by atoms with Crippen LogP contribution in [-0.2, 0) is 20.6 Å². The Morgan fingerprint density at radius 1 is 1.35 bits per heavy atom. The number of nitrogen functional groups attached to an aromatic ring is 1. The smallest absolute Gasteiger partial charge is 0.150 e. The Labute approximate surface area is 105 Å². The maximum absolute atomic E-state index is 12.0. The van der Waals surface area contributed by atoms with Gasteiger partial charge in [0.2, 0.25) is 0 Å². The minimum Gasteiger partial charge on any atom is -0.398 e. The Bertz CT molecular complexity index is 524. The molecule has 1 aromatic carbocycles. The van der Waals surface area contributed by atoms with Crippen LogP contribution < -0.4 is 5.73 Å². The van der Waals surface area contributed by atoms with Crippen molar-refractivity contribution < 1.29 is 12.6 Å². The van der Waals surface area contributed by atoms with Gasteiger partial charge in [0.15, 0.2) is 9.84 Å². The molecule has 0 aliphatic rings. The van der Waals surface area contributed by atoms with Gasteiger partial charge in [-0.2, -0.15) is 0 Å². The number of hydrogen-bond acceptors (Lipinski definition) is 4. The molecule has 0 bridgehead atoms. The molecule has 0 aliphatic heterocycles. The lowest BCUT2D eigenvalue weighted by Gasteiger charge is -2.08. The first kappa shape index (κ1) is 14.2. The monoisotopic (exact) mass is 275 g/mol. The standard InChI is InChI=1S/C11H17NO3S2/c1-3-17(14,15)8-7-16(13)11-6-4-5-10(12)9(11)2/h4-6H,3,7-8,12H2,1-2H3. The largest absolute Gasteiger partial charge is 0.398 e. The summed E-state index contributed by atoms with van der Waals surface area (Å²) < 4.78 is 34.6. The van der Waals surface area contributed by atoms with Crippen LogP contribution in [0, 0.1) is 6.92 Å². The molecule has 96 valence electrons. The van der Waals surface area contributed by atoms with Gasteiger partial charge in [-0.15, -0.1) is 0 Å². The van der Waals surface area contributed by atoms with Crippen molar-refractivity contribution >= 4 is 26.3 Å². The fourth-order valence-corrected chi connectivity index (χ4v) is 4.15. The van der Waals surface area contributed by atoms with Crippen molar-refractivity contribution in [3.8, 4) is 0 Å². The van der Waals surface area contributed by atoms with Crippen molar-refractivity contribution in [1.29, 1.82) is 0 Å². The van der Waals surface area contributed by atoms with Gasteiger partial charge < -0.3 is 5.73 Å². The molecule has 2 N–H and O–H groups in total. The minimum absolute atomic E-state index is 0.0512.